The van der Waals surface area contributed by atoms with E-state index >= 15 is 0 Å². The van der Waals surface area contributed by atoms with Gasteiger partial charge in [0.15, 0.2) is 0 Å². The van der Waals surface area contributed by atoms with Crippen molar-refractivity contribution in [2.24, 2.45) is 11.8 Å². The predicted molar refractivity (Wildman–Crippen MR) is 69.3 cm³/mol. The van der Waals surface area contributed by atoms with Gasteiger partial charge in [0.1, 0.15) is 0 Å². The van der Waals surface area contributed by atoms with Crippen LogP contribution in [0.2, 0.25) is 0 Å². The molecule has 3 N–H and O–H groups in total. The first-order valence-electron chi connectivity index (χ1n) is 6.23. The number of benzene rings is 1. The highest BCUT2D eigenvalue weighted by atomic mass is 16.1. The first-order valence-corrected chi connectivity index (χ1v) is 6.23. The molecular formula is C14H20N2O. The summed E-state index contributed by atoms with van der Waals surface area (Å²) >= 11 is 0. The van der Waals surface area contributed by atoms with Gasteiger partial charge in [-0.2, -0.15) is 0 Å². The highest BCUT2D eigenvalue weighted by molar-refractivity contribution is 5.79. The number of rotatable bonds is 4. The third-order valence-corrected chi connectivity index (χ3v) is 3.51. The maximum Gasteiger partial charge on any atom is 0.223 e. The number of anilines is 1. The smallest absolute Gasteiger partial charge is 0.223 e. The van der Waals surface area contributed by atoms with Crippen LogP contribution < -0.4 is 11.1 Å². The van der Waals surface area contributed by atoms with E-state index in [4.69, 9.17) is 5.73 Å². The van der Waals surface area contributed by atoms with E-state index in [-0.39, 0.29) is 17.9 Å². The van der Waals surface area contributed by atoms with Crippen molar-refractivity contribution in [3.05, 3.63) is 29.8 Å². The Morgan fingerprint density at radius 3 is 2.71 bits per heavy atom. The summed E-state index contributed by atoms with van der Waals surface area (Å²) in [6.07, 6.45) is 2.39. The summed E-state index contributed by atoms with van der Waals surface area (Å²) in [6.45, 7) is 4.01. The number of amides is 1. The lowest BCUT2D eigenvalue weighted by Gasteiger charge is -2.18. The van der Waals surface area contributed by atoms with Gasteiger partial charge >= 0.3 is 0 Å². The molecule has 1 aliphatic carbocycles. The summed E-state index contributed by atoms with van der Waals surface area (Å²) in [5, 5.41) is 3.05. The Morgan fingerprint density at radius 2 is 2.12 bits per heavy atom. The third kappa shape index (κ3) is 2.99. The summed E-state index contributed by atoms with van der Waals surface area (Å²) in [5.41, 5.74) is 7.52. The zero-order chi connectivity index (χ0) is 12.4. The molecule has 1 amide bonds. The molecule has 0 bridgehead atoms. The molecule has 1 aliphatic rings. The second kappa shape index (κ2) is 4.78. The van der Waals surface area contributed by atoms with Gasteiger partial charge < -0.3 is 11.1 Å². The van der Waals surface area contributed by atoms with E-state index in [1.807, 2.05) is 38.1 Å². The number of nitrogens with one attached hydrogen (secondary N) is 1. The molecule has 3 heteroatoms. The Labute approximate surface area is 102 Å². The van der Waals surface area contributed by atoms with Gasteiger partial charge in [0, 0.05) is 11.6 Å². The van der Waals surface area contributed by atoms with Crippen LogP contribution in [0.1, 0.15) is 38.3 Å². The Kier molecular flexibility index (Phi) is 3.36. The Hall–Kier alpha value is -1.51. The van der Waals surface area contributed by atoms with Crippen LogP contribution in [0.25, 0.3) is 0 Å². The van der Waals surface area contributed by atoms with Crippen LogP contribution >= 0.6 is 0 Å². The normalized spacial score (nSPS) is 18.5. The lowest BCUT2D eigenvalue weighted by molar-refractivity contribution is -0.125. The summed E-state index contributed by atoms with van der Waals surface area (Å²) in [4.78, 5) is 12.0. The molecule has 0 saturated heterocycles. The van der Waals surface area contributed by atoms with Crippen LogP contribution in [0.5, 0.6) is 0 Å². The van der Waals surface area contributed by atoms with Crippen LogP contribution in [-0.4, -0.2) is 5.91 Å². The molecule has 2 atom stereocenters. The van der Waals surface area contributed by atoms with Crippen LogP contribution in [0.15, 0.2) is 24.3 Å². The van der Waals surface area contributed by atoms with E-state index in [1.165, 1.54) is 12.8 Å². The molecule has 1 fully saturated rings. The fourth-order valence-corrected chi connectivity index (χ4v) is 2.07. The summed E-state index contributed by atoms with van der Waals surface area (Å²) in [7, 11) is 0. The quantitative estimate of drug-likeness (QED) is 0.784. The number of carbonyl (C=O) groups excluding carboxylic acids is 1. The molecule has 0 spiro atoms. The largest absolute Gasteiger partial charge is 0.399 e. The monoisotopic (exact) mass is 232 g/mol. The molecule has 1 aromatic carbocycles. The molecule has 0 heterocycles. The van der Waals surface area contributed by atoms with Crippen molar-refractivity contribution in [2.75, 3.05) is 5.73 Å². The van der Waals surface area contributed by atoms with Crippen molar-refractivity contribution >= 4 is 11.6 Å². The zero-order valence-electron chi connectivity index (χ0n) is 10.4. The lowest BCUT2D eigenvalue weighted by atomic mass is 10.0. The first-order chi connectivity index (χ1) is 8.08. The van der Waals surface area contributed by atoms with E-state index in [0.29, 0.717) is 5.92 Å². The maximum absolute atomic E-state index is 12.0. The molecule has 92 valence electrons. The Balaban J connectivity index is 1.96. The van der Waals surface area contributed by atoms with Crippen molar-refractivity contribution in [1.29, 1.82) is 0 Å². The number of carbonyl (C=O) groups is 1. The topological polar surface area (TPSA) is 55.1 Å². The van der Waals surface area contributed by atoms with Gasteiger partial charge in [0.2, 0.25) is 5.91 Å². The molecule has 0 radical (unpaired) electrons. The van der Waals surface area contributed by atoms with E-state index in [0.717, 1.165) is 11.3 Å². The molecule has 2 unspecified atom stereocenters. The van der Waals surface area contributed by atoms with Gasteiger partial charge in [-0.15, -0.1) is 0 Å². The fraction of sp³-hybridized carbons (Fsp3) is 0.500. The fourth-order valence-electron chi connectivity index (χ4n) is 2.07. The number of nitrogens with two attached hydrogens (primary N) is 1. The van der Waals surface area contributed by atoms with Crippen LogP contribution in [0.3, 0.4) is 0 Å². The van der Waals surface area contributed by atoms with Gasteiger partial charge in [-0.05, 0) is 43.4 Å². The van der Waals surface area contributed by atoms with Gasteiger partial charge in [0.05, 0.1) is 6.04 Å². The SMILES string of the molecule is CC(NC(=O)C(C)C1CC1)c1cccc(N)c1. The molecule has 3 nitrogen and oxygen atoms in total. The first kappa shape index (κ1) is 12.0. The summed E-state index contributed by atoms with van der Waals surface area (Å²) in [5.74, 6) is 0.893. The van der Waals surface area contributed by atoms with Crippen molar-refractivity contribution in [2.45, 2.75) is 32.7 Å². The minimum Gasteiger partial charge on any atom is -0.399 e. The standard InChI is InChI=1S/C14H20N2O/c1-9(11-6-7-11)14(17)16-10(2)12-4-3-5-13(15)8-12/h3-5,8-11H,6-7,15H2,1-2H3,(H,16,17). The van der Waals surface area contributed by atoms with Gasteiger partial charge in [0.25, 0.3) is 0 Å². The van der Waals surface area contributed by atoms with Crippen molar-refractivity contribution in [3.8, 4) is 0 Å². The lowest BCUT2D eigenvalue weighted by Crippen LogP contribution is -2.32. The third-order valence-electron chi connectivity index (χ3n) is 3.51. The highest BCUT2D eigenvalue weighted by Gasteiger charge is 2.32. The molecule has 0 aromatic heterocycles. The van der Waals surface area contributed by atoms with Gasteiger partial charge in [-0.3, -0.25) is 4.79 Å². The molecule has 2 rings (SSSR count). The molecule has 1 aromatic rings. The molecule has 1 saturated carbocycles. The maximum atomic E-state index is 12.0. The second-order valence-electron chi connectivity index (χ2n) is 5.03. The van der Waals surface area contributed by atoms with Gasteiger partial charge in [-0.25, -0.2) is 0 Å². The van der Waals surface area contributed by atoms with E-state index in [2.05, 4.69) is 5.32 Å². The van der Waals surface area contributed by atoms with Crippen LogP contribution in [0.4, 0.5) is 5.69 Å². The van der Waals surface area contributed by atoms with Crippen molar-refractivity contribution in [1.82, 2.24) is 5.32 Å². The average Bonchev–Trinajstić information content (AvgIpc) is 3.11. The molecular weight excluding hydrogens is 212 g/mol. The van der Waals surface area contributed by atoms with Crippen LogP contribution in [0, 0.1) is 11.8 Å². The number of nitrogen functional groups attached to an aromatic ring is 1. The minimum atomic E-state index is 0.0206. The molecule has 0 aliphatic heterocycles. The van der Waals surface area contributed by atoms with E-state index < -0.39 is 0 Å². The number of hydrogen-bond donors (Lipinski definition) is 2. The highest BCUT2D eigenvalue weighted by Crippen LogP contribution is 2.36. The minimum absolute atomic E-state index is 0.0206. The zero-order valence-corrected chi connectivity index (χ0v) is 10.4. The van der Waals surface area contributed by atoms with Gasteiger partial charge in [-0.1, -0.05) is 19.1 Å². The predicted octanol–water partition coefficient (Wildman–Crippen LogP) is 2.49. The second-order valence-corrected chi connectivity index (χ2v) is 5.03. The Morgan fingerprint density at radius 1 is 1.41 bits per heavy atom. The molecule has 17 heavy (non-hydrogen) atoms. The van der Waals surface area contributed by atoms with Crippen LogP contribution in [-0.2, 0) is 4.79 Å². The Bertz CT molecular complexity index is 412. The summed E-state index contributed by atoms with van der Waals surface area (Å²) in [6, 6.07) is 7.69. The van der Waals surface area contributed by atoms with E-state index in [1.54, 1.807) is 0 Å². The van der Waals surface area contributed by atoms with Crippen molar-refractivity contribution < 1.29 is 4.79 Å². The summed E-state index contributed by atoms with van der Waals surface area (Å²) < 4.78 is 0. The van der Waals surface area contributed by atoms with E-state index in [9.17, 15) is 4.79 Å². The number of hydrogen-bond acceptors (Lipinski definition) is 2. The average molecular weight is 232 g/mol. The van der Waals surface area contributed by atoms with Crippen molar-refractivity contribution in [3.63, 3.8) is 0 Å².